The summed E-state index contributed by atoms with van der Waals surface area (Å²) in [5.41, 5.74) is 5.86. The van der Waals surface area contributed by atoms with Crippen LogP contribution in [0.4, 0.5) is 4.39 Å². The average Bonchev–Trinajstić information content (AvgIpc) is 2.81. The van der Waals surface area contributed by atoms with Crippen LogP contribution in [0.15, 0.2) is 41.8 Å². The summed E-state index contributed by atoms with van der Waals surface area (Å²) in [5.74, 6) is -0.855. The lowest BCUT2D eigenvalue weighted by Crippen LogP contribution is -2.18. The van der Waals surface area contributed by atoms with Crippen LogP contribution in [0, 0.1) is 5.82 Å². The summed E-state index contributed by atoms with van der Waals surface area (Å²) >= 11 is 0. The van der Waals surface area contributed by atoms with Crippen molar-refractivity contribution in [3.63, 3.8) is 0 Å². The first kappa shape index (κ1) is 10.2. The van der Waals surface area contributed by atoms with Crippen molar-refractivity contribution in [2.75, 3.05) is 0 Å². The predicted octanol–water partition coefficient (Wildman–Crippen LogP) is 1.11. The van der Waals surface area contributed by atoms with Crippen molar-refractivity contribution in [2.24, 2.45) is 10.9 Å². The Kier molecular flexibility index (Phi) is 2.55. The maximum atomic E-state index is 13.6. The Morgan fingerprint density at radius 3 is 2.88 bits per heavy atom. The van der Waals surface area contributed by atoms with Crippen LogP contribution in [-0.2, 0) is 0 Å². The van der Waals surface area contributed by atoms with Crippen LogP contribution in [-0.4, -0.2) is 20.8 Å². The van der Waals surface area contributed by atoms with Gasteiger partial charge in [0.15, 0.2) is 5.84 Å². The molecule has 0 saturated heterocycles. The monoisotopic (exact) mass is 220 g/mol. The van der Waals surface area contributed by atoms with Gasteiger partial charge in [0.05, 0.1) is 11.3 Å². The van der Waals surface area contributed by atoms with Gasteiger partial charge in [0.25, 0.3) is 0 Å². The minimum Gasteiger partial charge on any atom is -0.409 e. The van der Waals surface area contributed by atoms with Gasteiger partial charge in [-0.2, -0.15) is 5.10 Å². The van der Waals surface area contributed by atoms with Gasteiger partial charge in [-0.25, -0.2) is 9.07 Å². The zero-order chi connectivity index (χ0) is 11.5. The zero-order valence-electron chi connectivity index (χ0n) is 8.21. The third-order valence-electron chi connectivity index (χ3n) is 2.11. The summed E-state index contributed by atoms with van der Waals surface area (Å²) in [5, 5.41) is 15.4. The van der Waals surface area contributed by atoms with E-state index >= 15 is 0 Å². The Morgan fingerprint density at radius 2 is 2.25 bits per heavy atom. The SMILES string of the molecule is NC(=NO)c1c(F)cccc1-n1cccn1. The van der Waals surface area contributed by atoms with Crippen LogP contribution >= 0.6 is 0 Å². The number of hydrogen-bond donors (Lipinski definition) is 2. The molecule has 0 aliphatic rings. The summed E-state index contributed by atoms with van der Waals surface area (Å²) in [6.45, 7) is 0. The number of aromatic nitrogens is 2. The lowest BCUT2D eigenvalue weighted by molar-refractivity contribution is 0.318. The van der Waals surface area contributed by atoms with Crippen molar-refractivity contribution in [3.8, 4) is 5.69 Å². The molecule has 1 aromatic heterocycles. The Labute approximate surface area is 90.6 Å². The third kappa shape index (κ3) is 1.60. The summed E-state index contributed by atoms with van der Waals surface area (Å²) in [4.78, 5) is 0. The molecule has 6 heteroatoms. The molecule has 0 aliphatic carbocycles. The summed E-state index contributed by atoms with van der Waals surface area (Å²) in [6.07, 6.45) is 3.20. The molecule has 1 aromatic carbocycles. The van der Waals surface area contributed by atoms with E-state index in [4.69, 9.17) is 10.9 Å². The number of benzene rings is 1. The first-order valence-corrected chi connectivity index (χ1v) is 4.50. The highest BCUT2D eigenvalue weighted by Gasteiger charge is 2.14. The van der Waals surface area contributed by atoms with Crippen molar-refractivity contribution in [3.05, 3.63) is 48.0 Å². The molecule has 0 aliphatic heterocycles. The van der Waals surface area contributed by atoms with Crippen LogP contribution in [0.25, 0.3) is 5.69 Å². The van der Waals surface area contributed by atoms with E-state index in [1.807, 2.05) is 0 Å². The molecular formula is C10H9FN4O. The molecule has 1 heterocycles. The second-order valence-electron chi connectivity index (χ2n) is 3.07. The molecule has 0 atom stereocenters. The molecule has 3 N–H and O–H groups in total. The lowest BCUT2D eigenvalue weighted by Gasteiger charge is -2.08. The van der Waals surface area contributed by atoms with E-state index in [1.165, 1.54) is 16.8 Å². The molecule has 2 rings (SSSR count). The zero-order valence-corrected chi connectivity index (χ0v) is 8.21. The van der Waals surface area contributed by atoms with Crippen molar-refractivity contribution < 1.29 is 9.60 Å². The number of nitrogens with two attached hydrogens (primary N) is 1. The summed E-state index contributed by atoms with van der Waals surface area (Å²) in [7, 11) is 0. The fourth-order valence-corrected chi connectivity index (χ4v) is 1.42. The largest absolute Gasteiger partial charge is 0.409 e. The Balaban J connectivity index is 2.67. The molecule has 0 spiro atoms. The number of amidine groups is 1. The topological polar surface area (TPSA) is 76.4 Å². The van der Waals surface area contributed by atoms with Crippen LogP contribution in [0.1, 0.15) is 5.56 Å². The molecular weight excluding hydrogens is 211 g/mol. The van der Waals surface area contributed by atoms with Gasteiger partial charge in [0.1, 0.15) is 5.82 Å². The number of halogens is 1. The second-order valence-corrected chi connectivity index (χ2v) is 3.07. The van der Waals surface area contributed by atoms with Crippen LogP contribution in [0.2, 0.25) is 0 Å². The van der Waals surface area contributed by atoms with Crippen molar-refractivity contribution >= 4 is 5.84 Å². The van der Waals surface area contributed by atoms with E-state index in [-0.39, 0.29) is 11.4 Å². The van der Waals surface area contributed by atoms with Gasteiger partial charge in [-0.05, 0) is 18.2 Å². The van der Waals surface area contributed by atoms with Gasteiger partial charge >= 0.3 is 0 Å². The Bertz CT molecular complexity index is 522. The van der Waals surface area contributed by atoms with E-state index in [2.05, 4.69) is 10.3 Å². The fourth-order valence-electron chi connectivity index (χ4n) is 1.42. The number of nitrogens with zero attached hydrogens (tertiary/aromatic N) is 3. The van der Waals surface area contributed by atoms with E-state index in [9.17, 15) is 4.39 Å². The van der Waals surface area contributed by atoms with Crippen molar-refractivity contribution in [1.29, 1.82) is 0 Å². The van der Waals surface area contributed by atoms with Crippen LogP contribution in [0.3, 0.4) is 0 Å². The van der Waals surface area contributed by atoms with Crippen LogP contribution < -0.4 is 5.73 Å². The molecule has 0 bridgehead atoms. The fraction of sp³-hybridized carbons (Fsp3) is 0. The average molecular weight is 220 g/mol. The molecule has 2 aromatic rings. The molecule has 82 valence electrons. The molecule has 5 nitrogen and oxygen atoms in total. The minimum absolute atomic E-state index is 0.0219. The van der Waals surface area contributed by atoms with Gasteiger partial charge in [0.2, 0.25) is 0 Å². The van der Waals surface area contributed by atoms with Crippen LogP contribution in [0.5, 0.6) is 0 Å². The maximum Gasteiger partial charge on any atom is 0.175 e. The molecule has 0 fully saturated rings. The first-order chi connectivity index (χ1) is 7.74. The highest BCUT2D eigenvalue weighted by molar-refractivity contribution is 6.00. The Hall–Kier alpha value is -2.37. The van der Waals surface area contributed by atoms with Crippen molar-refractivity contribution in [2.45, 2.75) is 0 Å². The predicted molar refractivity (Wildman–Crippen MR) is 56.0 cm³/mol. The molecule has 0 unspecified atom stereocenters. The molecule has 0 radical (unpaired) electrons. The molecule has 16 heavy (non-hydrogen) atoms. The van der Waals surface area contributed by atoms with E-state index in [1.54, 1.807) is 24.5 Å². The molecule has 0 saturated carbocycles. The number of rotatable bonds is 2. The normalized spacial score (nSPS) is 11.7. The highest BCUT2D eigenvalue weighted by Crippen LogP contribution is 2.16. The number of hydrogen-bond acceptors (Lipinski definition) is 3. The van der Waals surface area contributed by atoms with E-state index in [0.717, 1.165) is 0 Å². The summed E-state index contributed by atoms with van der Waals surface area (Å²) in [6, 6.07) is 6.09. The second kappa shape index (κ2) is 4.01. The lowest BCUT2D eigenvalue weighted by atomic mass is 10.1. The summed E-state index contributed by atoms with van der Waals surface area (Å²) < 4.78 is 15.0. The molecule has 0 amide bonds. The first-order valence-electron chi connectivity index (χ1n) is 4.50. The number of oxime groups is 1. The third-order valence-corrected chi connectivity index (χ3v) is 2.11. The highest BCUT2D eigenvalue weighted by atomic mass is 19.1. The quantitative estimate of drug-likeness (QED) is 0.344. The van der Waals surface area contributed by atoms with E-state index in [0.29, 0.717) is 5.69 Å². The van der Waals surface area contributed by atoms with Gasteiger partial charge in [0, 0.05) is 12.4 Å². The standard InChI is InChI=1S/C10H9FN4O/c11-7-3-1-4-8(9(7)10(12)14-16)15-6-2-5-13-15/h1-6,16H,(H2,12,14). The van der Waals surface area contributed by atoms with Gasteiger partial charge < -0.3 is 10.9 Å². The van der Waals surface area contributed by atoms with Gasteiger partial charge in [-0.15, -0.1) is 0 Å². The van der Waals surface area contributed by atoms with Gasteiger partial charge in [-0.3, -0.25) is 0 Å². The van der Waals surface area contributed by atoms with E-state index < -0.39 is 5.82 Å². The smallest absolute Gasteiger partial charge is 0.175 e. The maximum absolute atomic E-state index is 13.6. The minimum atomic E-state index is -0.566. The Morgan fingerprint density at radius 1 is 1.44 bits per heavy atom. The van der Waals surface area contributed by atoms with Gasteiger partial charge in [-0.1, -0.05) is 11.2 Å². The van der Waals surface area contributed by atoms with Crippen molar-refractivity contribution in [1.82, 2.24) is 9.78 Å².